The van der Waals surface area contributed by atoms with E-state index >= 15 is 0 Å². The number of hydrogen-bond acceptors (Lipinski definition) is 6. The molecule has 7 nitrogen and oxygen atoms in total. The van der Waals surface area contributed by atoms with Gasteiger partial charge in [-0.25, -0.2) is 4.79 Å². The zero-order valence-corrected chi connectivity index (χ0v) is 19.2. The zero-order valence-electron chi connectivity index (χ0n) is 19.2. The Hall–Kier alpha value is -1.15. The lowest BCUT2D eigenvalue weighted by molar-refractivity contribution is -0.122. The van der Waals surface area contributed by atoms with Crippen LogP contribution >= 0.6 is 0 Å². The molecule has 3 saturated heterocycles. The van der Waals surface area contributed by atoms with Crippen LogP contribution in [0.1, 0.15) is 47.0 Å². The lowest BCUT2D eigenvalue weighted by Gasteiger charge is -2.43. The standard InChI is InChI=1S/C23H38N2O5/c1-6-24-11-13-25(14-12-24)21(26)29-17-9-10-23(15-28-23)20(19(17)27-5)22(4)18(30-22)8-7-16(2)3/h7,17-20H,6,8-15H2,1-5H3/t17-,18-,19-,20-,22+,23+/m1/s1. The molecule has 4 aliphatic rings. The molecule has 0 unspecified atom stereocenters. The van der Waals surface area contributed by atoms with E-state index in [1.54, 1.807) is 7.11 Å². The first-order chi connectivity index (χ1) is 14.3. The molecular formula is C23H38N2O5. The summed E-state index contributed by atoms with van der Waals surface area (Å²) in [5, 5.41) is 0. The molecule has 7 heteroatoms. The largest absolute Gasteiger partial charge is 0.443 e. The Kier molecular flexibility index (Phi) is 6.19. The molecule has 3 heterocycles. The van der Waals surface area contributed by atoms with Crippen molar-refractivity contribution in [2.24, 2.45) is 5.92 Å². The van der Waals surface area contributed by atoms with E-state index < -0.39 is 0 Å². The van der Waals surface area contributed by atoms with Gasteiger partial charge in [-0.05, 0) is 46.6 Å². The van der Waals surface area contributed by atoms with Gasteiger partial charge in [-0.1, -0.05) is 18.6 Å². The van der Waals surface area contributed by atoms with Gasteiger partial charge >= 0.3 is 6.09 Å². The molecule has 0 aromatic rings. The molecule has 170 valence electrons. The first-order valence-corrected chi connectivity index (χ1v) is 11.5. The summed E-state index contributed by atoms with van der Waals surface area (Å²) in [6.07, 6.45) is 4.24. The molecule has 0 radical (unpaired) electrons. The summed E-state index contributed by atoms with van der Waals surface area (Å²) in [5.74, 6) is 0.0639. The van der Waals surface area contributed by atoms with Crippen molar-refractivity contribution in [3.8, 4) is 0 Å². The summed E-state index contributed by atoms with van der Waals surface area (Å²) in [4.78, 5) is 17.1. The van der Waals surface area contributed by atoms with E-state index in [1.165, 1.54) is 5.57 Å². The van der Waals surface area contributed by atoms with Crippen LogP contribution in [0, 0.1) is 5.92 Å². The van der Waals surface area contributed by atoms with Crippen LogP contribution in [-0.4, -0.2) is 91.8 Å². The first-order valence-electron chi connectivity index (χ1n) is 11.5. The number of methoxy groups -OCH3 is 1. The third-order valence-corrected chi connectivity index (χ3v) is 7.57. The molecule has 4 fully saturated rings. The fourth-order valence-electron chi connectivity index (χ4n) is 5.52. The van der Waals surface area contributed by atoms with E-state index in [9.17, 15) is 4.79 Å². The van der Waals surface area contributed by atoms with E-state index in [0.29, 0.717) is 0 Å². The fraction of sp³-hybridized carbons (Fsp3) is 0.870. The van der Waals surface area contributed by atoms with Gasteiger partial charge in [0.1, 0.15) is 23.4 Å². The minimum Gasteiger partial charge on any atom is -0.443 e. The second kappa shape index (κ2) is 8.41. The second-order valence-electron chi connectivity index (χ2n) is 9.72. The Bertz CT molecular complexity index is 667. The van der Waals surface area contributed by atoms with Crippen molar-refractivity contribution < 1.29 is 23.7 Å². The number of carbonyl (C=O) groups is 1. The maximum atomic E-state index is 12.9. The quantitative estimate of drug-likeness (QED) is 0.484. The molecule has 1 spiro atoms. The highest BCUT2D eigenvalue weighted by atomic mass is 16.6. The fourth-order valence-corrected chi connectivity index (χ4v) is 5.52. The molecule has 1 aliphatic carbocycles. The van der Waals surface area contributed by atoms with Crippen molar-refractivity contribution in [3.63, 3.8) is 0 Å². The van der Waals surface area contributed by atoms with E-state index in [-0.39, 0.29) is 41.5 Å². The lowest BCUT2D eigenvalue weighted by Crippen LogP contribution is -2.57. The van der Waals surface area contributed by atoms with Crippen molar-refractivity contribution >= 4 is 6.09 Å². The number of piperazine rings is 1. The van der Waals surface area contributed by atoms with Crippen LogP contribution in [0.25, 0.3) is 0 Å². The van der Waals surface area contributed by atoms with Gasteiger partial charge in [-0.15, -0.1) is 0 Å². The molecule has 30 heavy (non-hydrogen) atoms. The van der Waals surface area contributed by atoms with Crippen LogP contribution in [0.2, 0.25) is 0 Å². The first kappa shape index (κ1) is 22.1. The molecule has 3 aliphatic heterocycles. The van der Waals surface area contributed by atoms with Crippen molar-refractivity contribution in [1.82, 2.24) is 9.80 Å². The summed E-state index contributed by atoms with van der Waals surface area (Å²) in [6.45, 7) is 13.6. The molecule has 0 bridgehead atoms. The van der Waals surface area contributed by atoms with Gasteiger partial charge < -0.3 is 28.7 Å². The summed E-state index contributed by atoms with van der Waals surface area (Å²) >= 11 is 0. The number of allylic oxidation sites excluding steroid dienone is 1. The van der Waals surface area contributed by atoms with Gasteiger partial charge in [0.15, 0.2) is 0 Å². The number of rotatable bonds is 6. The van der Waals surface area contributed by atoms with Crippen molar-refractivity contribution in [2.45, 2.75) is 76.5 Å². The third kappa shape index (κ3) is 4.14. The molecular weight excluding hydrogens is 384 g/mol. The second-order valence-corrected chi connectivity index (χ2v) is 9.72. The highest BCUT2D eigenvalue weighted by Crippen LogP contribution is 2.59. The minimum absolute atomic E-state index is 0.0639. The molecule has 4 rings (SSSR count). The van der Waals surface area contributed by atoms with Crippen LogP contribution in [0.5, 0.6) is 0 Å². The Morgan fingerprint density at radius 2 is 1.93 bits per heavy atom. The van der Waals surface area contributed by atoms with E-state index in [0.717, 1.165) is 58.6 Å². The van der Waals surface area contributed by atoms with Crippen LogP contribution in [0.3, 0.4) is 0 Å². The summed E-state index contributed by atoms with van der Waals surface area (Å²) in [7, 11) is 1.72. The van der Waals surface area contributed by atoms with Crippen molar-refractivity contribution in [1.29, 1.82) is 0 Å². The predicted octanol–water partition coefficient (Wildman–Crippen LogP) is 2.84. The summed E-state index contributed by atoms with van der Waals surface area (Å²) < 4.78 is 24.2. The van der Waals surface area contributed by atoms with Crippen molar-refractivity contribution in [3.05, 3.63) is 11.6 Å². The predicted molar refractivity (Wildman–Crippen MR) is 113 cm³/mol. The monoisotopic (exact) mass is 422 g/mol. The van der Waals surface area contributed by atoms with Crippen LogP contribution in [0.4, 0.5) is 4.79 Å². The van der Waals surface area contributed by atoms with Crippen molar-refractivity contribution in [2.75, 3.05) is 46.4 Å². The number of hydrogen-bond donors (Lipinski definition) is 0. The van der Waals surface area contributed by atoms with Gasteiger partial charge in [-0.3, -0.25) is 0 Å². The minimum atomic E-state index is -0.305. The Labute approximate surface area is 180 Å². The molecule has 0 N–H and O–H groups in total. The Balaban J connectivity index is 1.43. The number of epoxide rings is 2. The summed E-state index contributed by atoms with van der Waals surface area (Å²) in [6, 6.07) is 0. The topological polar surface area (TPSA) is 67.1 Å². The molecule has 1 saturated carbocycles. The van der Waals surface area contributed by atoms with E-state index in [4.69, 9.17) is 18.9 Å². The average Bonchev–Trinajstić information content (AvgIpc) is 3.65. The molecule has 1 amide bonds. The lowest BCUT2D eigenvalue weighted by atomic mass is 9.68. The number of nitrogens with zero attached hydrogens (tertiary/aromatic N) is 2. The summed E-state index contributed by atoms with van der Waals surface area (Å²) in [5.41, 5.74) is 0.804. The normalized spacial score (nSPS) is 40.9. The number of amides is 1. The highest BCUT2D eigenvalue weighted by Gasteiger charge is 2.72. The van der Waals surface area contributed by atoms with Crippen LogP contribution in [-0.2, 0) is 18.9 Å². The number of ether oxygens (including phenoxy) is 4. The van der Waals surface area contributed by atoms with Gasteiger partial charge in [0.2, 0.25) is 0 Å². The number of carbonyl (C=O) groups excluding carboxylic acids is 1. The van der Waals surface area contributed by atoms with Crippen LogP contribution in [0.15, 0.2) is 11.6 Å². The van der Waals surface area contributed by atoms with Gasteiger partial charge in [0, 0.05) is 33.3 Å². The van der Waals surface area contributed by atoms with Gasteiger partial charge in [0.05, 0.1) is 18.6 Å². The van der Waals surface area contributed by atoms with Crippen LogP contribution < -0.4 is 0 Å². The Morgan fingerprint density at radius 3 is 2.50 bits per heavy atom. The highest BCUT2D eigenvalue weighted by molar-refractivity contribution is 5.68. The smallest absolute Gasteiger partial charge is 0.410 e. The number of likely N-dealkylation sites (N-methyl/N-ethyl adjacent to an activating group) is 1. The zero-order chi connectivity index (χ0) is 21.5. The van der Waals surface area contributed by atoms with Gasteiger partial charge in [0.25, 0.3) is 0 Å². The maximum absolute atomic E-state index is 12.9. The maximum Gasteiger partial charge on any atom is 0.410 e. The third-order valence-electron chi connectivity index (χ3n) is 7.57. The van der Waals surface area contributed by atoms with E-state index in [2.05, 4.69) is 38.7 Å². The SMILES string of the molecule is CCN1CCN(C(=O)O[C@@H]2CC[C@]3(CO3)[C@@H]([C@@]3(C)O[C@@H]3CC=C(C)C)[C@@H]2OC)CC1. The van der Waals surface area contributed by atoms with Gasteiger partial charge in [-0.2, -0.15) is 0 Å². The molecule has 0 aromatic heterocycles. The van der Waals surface area contributed by atoms with E-state index in [1.807, 2.05) is 4.90 Å². The average molecular weight is 423 g/mol. The molecule has 6 atom stereocenters. The Morgan fingerprint density at radius 1 is 1.23 bits per heavy atom. The molecule has 0 aromatic carbocycles.